The number of hydrogen-bond donors (Lipinski definition) is 0. The summed E-state index contributed by atoms with van der Waals surface area (Å²) in [4.78, 5) is 12.9. The first-order valence-electron chi connectivity index (χ1n) is 9.45. The van der Waals surface area contributed by atoms with Gasteiger partial charge in [0.05, 0.1) is 40.8 Å². The average molecular weight is 422 g/mol. The van der Waals surface area contributed by atoms with Crippen LogP contribution in [-0.4, -0.2) is 21.0 Å². The van der Waals surface area contributed by atoms with Gasteiger partial charge in [-0.15, -0.1) is 0 Å². The minimum Gasteiger partial charge on any atom is -0.334 e. The molecular weight excluding hydrogens is 403 g/mol. The molecule has 2 heterocycles. The van der Waals surface area contributed by atoms with E-state index in [0.29, 0.717) is 23.7 Å². The molecule has 0 radical (unpaired) electrons. The summed E-state index contributed by atoms with van der Waals surface area (Å²) < 4.78 is 69.3. The summed E-state index contributed by atoms with van der Waals surface area (Å²) in [5, 5.41) is 0.495. The fourth-order valence-electron chi connectivity index (χ4n) is 3.59. The SMILES string of the molecule is C[C@@H](/N=c1\ncn(C)c2cnc(C3(C(F)F)CC3)cc12)c1cccc(C(F)F)c1F. The van der Waals surface area contributed by atoms with E-state index in [4.69, 9.17) is 0 Å². The van der Waals surface area contributed by atoms with Crippen molar-refractivity contribution in [1.82, 2.24) is 14.5 Å². The zero-order valence-corrected chi connectivity index (χ0v) is 16.3. The Morgan fingerprint density at radius 3 is 2.43 bits per heavy atom. The van der Waals surface area contributed by atoms with Gasteiger partial charge in [-0.05, 0) is 25.8 Å². The van der Waals surface area contributed by atoms with Crippen LogP contribution >= 0.6 is 0 Å². The van der Waals surface area contributed by atoms with E-state index in [1.165, 1.54) is 24.7 Å². The van der Waals surface area contributed by atoms with Crippen LogP contribution in [0.15, 0.2) is 41.8 Å². The van der Waals surface area contributed by atoms with Crippen LogP contribution in [0.4, 0.5) is 22.0 Å². The Kier molecular flexibility index (Phi) is 5.07. The second-order valence-corrected chi connectivity index (χ2v) is 7.58. The number of aryl methyl sites for hydroxylation is 1. The van der Waals surface area contributed by atoms with Crippen LogP contribution in [0.1, 0.15) is 49.1 Å². The van der Waals surface area contributed by atoms with E-state index in [2.05, 4.69) is 15.0 Å². The lowest BCUT2D eigenvalue weighted by molar-refractivity contribution is 0.0999. The third-order valence-electron chi connectivity index (χ3n) is 5.63. The summed E-state index contributed by atoms with van der Waals surface area (Å²) in [5.74, 6) is -1.01. The van der Waals surface area contributed by atoms with Crippen molar-refractivity contribution in [3.63, 3.8) is 0 Å². The van der Waals surface area contributed by atoms with Crippen molar-refractivity contribution in [2.45, 2.75) is 44.1 Å². The molecule has 0 aliphatic heterocycles. The van der Waals surface area contributed by atoms with Crippen molar-refractivity contribution in [2.75, 3.05) is 0 Å². The van der Waals surface area contributed by atoms with Gasteiger partial charge in [-0.2, -0.15) is 0 Å². The van der Waals surface area contributed by atoms with Gasteiger partial charge in [-0.25, -0.2) is 26.9 Å². The summed E-state index contributed by atoms with van der Waals surface area (Å²) in [6.45, 7) is 1.57. The van der Waals surface area contributed by atoms with Gasteiger partial charge in [-0.1, -0.05) is 18.2 Å². The van der Waals surface area contributed by atoms with Crippen LogP contribution in [0.2, 0.25) is 0 Å². The molecule has 3 aromatic rings. The predicted octanol–water partition coefficient (Wildman–Crippen LogP) is 5.00. The standard InChI is InChI=1S/C21H19F5N4/c1-11(12-4-3-5-13(17(12)22)18(23)24)29-19-14-8-16(21(6-7-21)20(25)26)27-9-15(14)30(2)10-28-19/h3-5,8-11,18,20H,6-7H2,1-2H3/b29-19-/t11-/m1/s1. The van der Waals surface area contributed by atoms with E-state index in [0.717, 1.165) is 6.07 Å². The minimum absolute atomic E-state index is 0.0106. The van der Waals surface area contributed by atoms with Crippen LogP contribution in [-0.2, 0) is 12.5 Å². The highest BCUT2D eigenvalue weighted by Crippen LogP contribution is 2.52. The molecule has 0 bridgehead atoms. The van der Waals surface area contributed by atoms with Gasteiger partial charge in [0.25, 0.3) is 6.43 Å². The molecule has 1 aromatic carbocycles. The van der Waals surface area contributed by atoms with Crippen LogP contribution in [0.25, 0.3) is 10.9 Å². The maximum Gasteiger partial charge on any atom is 0.266 e. The summed E-state index contributed by atoms with van der Waals surface area (Å²) in [7, 11) is 1.73. The van der Waals surface area contributed by atoms with Gasteiger partial charge in [0, 0.05) is 18.0 Å². The van der Waals surface area contributed by atoms with Gasteiger partial charge < -0.3 is 4.57 Å². The summed E-state index contributed by atoms with van der Waals surface area (Å²) >= 11 is 0. The molecule has 1 aliphatic rings. The van der Waals surface area contributed by atoms with Crippen molar-refractivity contribution in [3.05, 3.63) is 64.9 Å². The van der Waals surface area contributed by atoms with Crippen LogP contribution in [0, 0.1) is 5.82 Å². The fraction of sp³-hybridized carbons (Fsp3) is 0.381. The van der Waals surface area contributed by atoms with E-state index >= 15 is 0 Å². The van der Waals surface area contributed by atoms with Crippen molar-refractivity contribution in [3.8, 4) is 0 Å². The van der Waals surface area contributed by atoms with Crippen molar-refractivity contribution >= 4 is 10.9 Å². The first-order valence-corrected chi connectivity index (χ1v) is 9.45. The number of fused-ring (bicyclic) bond motifs is 1. The molecule has 1 saturated carbocycles. The molecule has 158 valence electrons. The van der Waals surface area contributed by atoms with E-state index in [1.54, 1.807) is 24.6 Å². The fourth-order valence-corrected chi connectivity index (χ4v) is 3.59. The van der Waals surface area contributed by atoms with Crippen molar-refractivity contribution in [1.29, 1.82) is 0 Å². The Morgan fingerprint density at radius 2 is 1.80 bits per heavy atom. The molecule has 0 saturated heterocycles. The van der Waals surface area contributed by atoms with Crippen LogP contribution in [0.5, 0.6) is 0 Å². The van der Waals surface area contributed by atoms with Gasteiger partial charge >= 0.3 is 0 Å². The molecule has 0 amide bonds. The quantitative estimate of drug-likeness (QED) is 0.543. The smallest absolute Gasteiger partial charge is 0.266 e. The van der Waals surface area contributed by atoms with Crippen molar-refractivity contribution in [2.24, 2.45) is 12.0 Å². The second-order valence-electron chi connectivity index (χ2n) is 7.58. The summed E-state index contributed by atoms with van der Waals surface area (Å²) in [6.07, 6.45) is -1.78. The molecule has 1 aliphatic carbocycles. The highest BCUT2D eigenvalue weighted by atomic mass is 19.3. The Bertz CT molecular complexity index is 1170. The lowest BCUT2D eigenvalue weighted by atomic mass is 10.0. The van der Waals surface area contributed by atoms with Crippen molar-refractivity contribution < 1.29 is 22.0 Å². The zero-order chi connectivity index (χ0) is 21.6. The second kappa shape index (κ2) is 7.45. The molecule has 4 rings (SSSR count). The first kappa shape index (κ1) is 20.4. The van der Waals surface area contributed by atoms with Gasteiger partial charge in [0.2, 0.25) is 6.43 Å². The van der Waals surface area contributed by atoms with E-state index in [9.17, 15) is 22.0 Å². The molecule has 1 fully saturated rings. The van der Waals surface area contributed by atoms with E-state index in [1.807, 2.05) is 0 Å². The van der Waals surface area contributed by atoms with E-state index < -0.39 is 35.7 Å². The van der Waals surface area contributed by atoms with E-state index in [-0.39, 0.29) is 16.7 Å². The molecule has 0 spiro atoms. The molecule has 30 heavy (non-hydrogen) atoms. The van der Waals surface area contributed by atoms with Crippen LogP contribution in [0.3, 0.4) is 0 Å². The Hall–Kier alpha value is -2.84. The number of hydrogen-bond acceptors (Lipinski definition) is 3. The predicted molar refractivity (Wildman–Crippen MR) is 101 cm³/mol. The number of rotatable bonds is 5. The summed E-state index contributed by atoms with van der Waals surface area (Å²) in [6, 6.07) is 4.52. The number of alkyl halides is 4. The number of benzene rings is 1. The highest BCUT2D eigenvalue weighted by Gasteiger charge is 2.53. The molecule has 2 aromatic heterocycles. The highest BCUT2D eigenvalue weighted by molar-refractivity contribution is 5.77. The largest absolute Gasteiger partial charge is 0.334 e. The monoisotopic (exact) mass is 422 g/mol. The average Bonchev–Trinajstić information content (AvgIpc) is 3.52. The number of halogens is 5. The molecule has 0 unspecified atom stereocenters. The number of pyridine rings is 1. The Balaban J connectivity index is 1.85. The lowest BCUT2D eigenvalue weighted by Gasteiger charge is -2.15. The topological polar surface area (TPSA) is 43.1 Å². The number of aromatic nitrogens is 3. The molecular formula is C21H19F5N4. The minimum atomic E-state index is -2.94. The molecule has 9 heteroatoms. The Labute approximate surface area is 169 Å². The zero-order valence-electron chi connectivity index (χ0n) is 16.3. The normalized spacial score (nSPS) is 17.2. The lowest BCUT2D eigenvalue weighted by Crippen LogP contribution is -2.21. The van der Waals surface area contributed by atoms with Crippen LogP contribution < -0.4 is 5.49 Å². The third kappa shape index (κ3) is 3.36. The third-order valence-corrected chi connectivity index (χ3v) is 5.63. The first-order chi connectivity index (χ1) is 14.2. The summed E-state index contributed by atoms with van der Waals surface area (Å²) in [5.41, 5.74) is -0.823. The number of nitrogens with zero attached hydrogens (tertiary/aromatic N) is 4. The molecule has 1 atom stereocenters. The molecule has 4 nitrogen and oxygen atoms in total. The van der Waals surface area contributed by atoms with Gasteiger partial charge in [0.15, 0.2) is 5.49 Å². The molecule has 0 N–H and O–H groups in total. The maximum atomic E-state index is 14.5. The maximum absolute atomic E-state index is 14.5. The Morgan fingerprint density at radius 1 is 1.10 bits per heavy atom. The van der Waals surface area contributed by atoms with Gasteiger partial charge in [0.1, 0.15) is 5.82 Å². The van der Waals surface area contributed by atoms with Gasteiger partial charge in [-0.3, -0.25) is 9.98 Å².